The van der Waals surface area contributed by atoms with Crippen LogP contribution in [0.5, 0.6) is 0 Å². The van der Waals surface area contributed by atoms with E-state index in [0.29, 0.717) is 5.56 Å². The van der Waals surface area contributed by atoms with E-state index in [1.165, 1.54) is 12.1 Å². The smallest absolute Gasteiger partial charge is 0.251 e. The maximum Gasteiger partial charge on any atom is 0.251 e. The molecule has 2 fully saturated rings. The molecule has 0 bridgehead atoms. The van der Waals surface area contributed by atoms with Crippen molar-refractivity contribution in [3.8, 4) is 0 Å². The van der Waals surface area contributed by atoms with Gasteiger partial charge in [0, 0.05) is 30.2 Å². The van der Waals surface area contributed by atoms with Gasteiger partial charge in [-0.2, -0.15) is 0 Å². The van der Waals surface area contributed by atoms with Gasteiger partial charge in [0.1, 0.15) is 0 Å². The Morgan fingerprint density at radius 3 is 2.60 bits per heavy atom. The predicted octanol–water partition coefficient (Wildman–Crippen LogP) is 1.72. The lowest BCUT2D eigenvalue weighted by Gasteiger charge is -2.31. The third-order valence-electron chi connectivity index (χ3n) is 5.12. The van der Waals surface area contributed by atoms with Crippen molar-refractivity contribution in [1.29, 1.82) is 0 Å². The molecule has 25 heavy (non-hydrogen) atoms. The molecule has 0 aliphatic heterocycles. The Bertz CT molecular complexity index is 743. The van der Waals surface area contributed by atoms with Gasteiger partial charge in [0.25, 0.3) is 5.91 Å². The van der Waals surface area contributed by atoms with Crippen molar-refractivity contribution in [2.75, 3.05) is 6.61 Å². The van der Waals surface area contributed by atoms with Gasteiger partial charge in [-0.05, 0) is 50.3 Å². The van der Waals surface area contributed by atoms with Gasteiger partial charge < -0.3 is 10.4 Å². The van der Waals surface area contributed by atoms with Gasteiger partial charge in [-0.1, -0.05) is 18.9 Å². The Labute approximate surface area is 149 Å². The van der Waals surface area contributed by atoms with Crippen LogP contribution in [0.15, 0.2) is 23.1 Å². The number of sulfonamides is 1. The minimum absolute atomic E-state index is 0.0242. The summed E-state index contributed by atoms with van der Waals surface area (Å²) >= 11 is 0. The largest absolute Gasteiger partial charge is 0.396 e. The van der Waals surface area contributed by atoms with Crippen LogP contribution in [-0.2, 0) is 10.0 Å². The molecule has 7 heteroatoms. The van der Waals surface area contributed by atoms with Gasteiger partial charge in [0.15, 0.2) is 0 Å². The van der Waals surface area contributed by atoms with Crippen molar-refractivity contribution >= 4 is 15.9 Å². The molecule has 0 saturated heterocycles. The summed E-state index contributed by atoms with van der Waals surface area (Å²) < 4.78 is 27.4. The third-order valence-corrected chi connectivity index (χ3v) is 6.64. The van der Waals surface area contributed by atoms with Crippen molar-refractivity contribution in [3.63, 3.8) is 0 Å². The zero-order valence-corrected chi connectivity index (χ0v) is 15.3. The average molecular weight is 366 g/mol. The van der Waals surface area contributed by atoms with E-state index >= 15 is 0 Å². The number of carbonyl (C=O) groups excluding carboxylic acids is 1. The number of amides is 1. The summed E-state index contributed by atoms with van der Waals surface area (Å²) in [5.74, 6) is -0.201. The molecule has 0 aromatic heterocycles. The van der Waals surface area contributed by atoms with Crippen molar-refractivity contribution in [1.82, 2.24) is 10.0 Å². The maximum atomic E-state index is 12.7. The minimum Gasteiger partial charge on any atom is -0.396 e. The number of carbonyl (C=O) groups is 1. The number of benzene rings is 1. The van der Waals surface area contributed by atoms with E-state index in [1.807, 2.05) is 0 Å². The molecule has 0 unspecified atom stereocenters. The van der Waals surface area contributed by atoms with E-state index in [9.17, 15) is 18.3 Å². The molecule has 3 N–H and O–H groups in total. The van der Waals surface area contributed by atoms with E-state index < -0.39 is 10.0 Å². The highest BCUT2D eigenvalue weighted by atomic mass is 32.2. The lowest BCUT2D eigenvalue weighted by Crippen LogP contribution is -2.43. The highest BCUT2D eigenvalue weighted by Gasteiger charge is 2.29. The zero-order chi connectivity index (χ0) is 18.0. The van der Waals surface area contributed by atoms with Crippen molar-refractivity contribution in [2.45, 2.75) is 62.4 Å². The summed E-state index contributed by atoms with van der Waals surface area (Å²) in [7, 11) is -3.59. The average Bonchev–Trinajstić information content (AvgIpc) is 3.38. The summed E-state index contributed by atoms with van der Waals surface area (Å²) in [4.78, 5) is 12.8. The predicted molar refractivity (Wildman–Crippen MR) is 94.8 cm³/mol. The molecular weight excluding hydrogens is 340 g/mol. The number of rotatable bonds is 6. The molecule has 2 saturated carbocycles. The fourth-order valence-corrected chi connectivity index (χ4v) is 4.69. The summed E-state index contributed by atoms with van der Waals surface area (Å²) in [5, 5.41) is 12.5. The summed E-state index contributed by atoms with van der Waals surface area (Å²) in [6.07, 6.45) is 5.57. The molecule has 0 spiro atoms. The van der Waals surface area contributed by atoms with Crippen molar-refractivity contribution in [2.24, 2.45) is 5.92 Å². The Morgan fingerprint density at radius 1 is 1.20 bits per heavy atom. The molecular formula is C18H26N2O4S. The molecule has 0 heterocycles. The standard InChI is InChI=1S/C18H26N2O4S/c1-12-6-9-15(25(23,24)20-14-7-8-14)10-16(12)18(22)19-17-5-3-2-4-13(17)11-21/h6,9-10,13-14,17,20-21H,2-5,7-8,11H2,1H3,(H,19,22)/t13-,17+/m0/s1. The third kappa shape index (κ3) is 4.40. The molecule has 2 atom stereocenters. The number of nitrogens with one attached hydrogen (secondary N) is 2. The summed E-state index contributed by atoms with van der Waals surface area (Å²) in [5.41, 5.74) is 1.11. The van der Waals surface area contributed by atoms with Crippen LogP contribution in [0.3, 0.4) is 0 Å². The van der Waals surface area contributed by atoms with Crippen molar-refractivity contribution in [3.05, 3.63) is 29.3 Å². The molecule has 2 aliphatic rings. The van der Waals surface area contributed by atoms with E-state index in [0.717, 1.165) is 44.1 Å². The van der Waals surface area contributed by atoms with Crippen LogP contribution in [0.25, 0.3) is 0 Å². The fourth-order valence-electron chi connectivity index (χ4n) is 3.36. The quantitative estimate of drug-likeness (QED) is 0.714. The first-order valence-corrected chi connectivity index (χ1v) is 10.4. The normalized spacial score (nSPS) is 24.1. The second-order valence-electron chi connectivity index (χ2n) is 7.18. The molecule has 138 valence electrons. The topological polar surface area (TPSA) is 95.5 Å². The lowest BCUT2D eigenvalue weighted by molar-refractivity contribution is 0.0872. The van der Waals surface area contributed by atoms with E-state index in [4.69, 9.17) is 0 Å². The Balaban J connectivity index is 1.78. The van der Waals surface area contributed by atoms with Crippen LogP contribution >= 0.6 is 0 Å². The van der Waals surface area contributed by atoms with E-state index in [-0.39, 0.29) is 35.4 Å². The SMILES string of the molecule is Cc1ccc(S(=O)(=O)NC2CC2)cc1C(=O)N[C@@H]1CCCC[C@H]1CO. The van der Waals surface area contributed by atoms with E-state index in [1.54, 1.807) is 13.0 Å². The maximum absolute atomic E-state index is 12.7. The molecule has 6 nitrogen and oxygen atoms in total. The molecule has 1 aromatic carbocycles. The van der Waals surface area contributed by atoms with E-state index in [2.05, 4.69) is 10.0 Å². The van der Waals surface area contributed by atoms with Gasteiger partial charge in [0.05, 0.1) is 4.90 Å². The number of aliphatic hydroxyl groups is 1. The Hall–Kier alpha value is -1.44. The van der Waals surface area contributed by atoms with Gasteiger partial charge >= 0.3 is 0 Å². The summed E-state index contributed by atoms with van der Waals surface area (Å²) in [6, 6.07) is 4.62. The van der Waals surface area contributed by atoms with Crippen LogP contribution in [-0.4, -0.2) is 38.1 Å². The highest BCUT2D eigenvalue weighted by Crippen LogP contribution is 2.26. The van der Waals surface area contributed by atoms with Gasteiger partial charge in [-0.25, -0.2) is 13.1 Å². The van der Waals surface area contributed by atoms with Gasteiger partial charge in [-0.15, -0.1) is 0 Å². The molecule has 1 amide bonds. The minimum atomic E-state index is -3.59. The molecule has 2 aliphatic carbocycles. The lowest BCUT2D eigenvalue weighted by atomic mass is 9.85. The first-order valence-electron chi connectivity index (χ1n) is 8.95. The van der Waals surface area contributed by atoms with Crippen LogP contribution in [0, 0.1) is 12.8 Å². The Kier molecular flexibility index (Phi) is 5.46. The summed E-state index contributed by atoms with van der Waals surface area (Å²) in [6.45, 7) is 1.85. The second-order valence-corrected chi connectivity index (χ2v) is 8.89. The van der Waals surface area contributed by atoms with Gasteiger partial charge in [-0.3, -0.25) is 4.79 Å². The number of aryl methyl sites for hydroxylation is 1. The van der Waals surface area contributed by atoms with Crippen molar-refractivity contribution < 1.29 is 18.3 Å². The van der Waals surface area contributed by atoms with Gasteiger partial charge in [0.2, 0.25) is 10.0 Å². The second kappa shape index (κ2) is 7.43. The van der Waals surface area contributed by atoms with Crippen LogP contribution in [0.4, 0.5) is 0 Å². The highest BCUT2D eigenvalue weighted by molar-refractivity contribution is 7.89. The molecule has 1 aromatic rings. The Morgan fingerprint density at radius 2 is 1.92 bits per heavy atom. The number of hydrogen-bond acceptors (Lipinski definition) is 4. The van der Waals surface area contributed by atoms with Crippen LogP contribution in [0.2, 0.25) is 0 Å². The number of aliphatic hydroxyl groups excluding tert-OH is 1. The zero-order valence-electron chi connectivity index (χ0n) is 14.5. The molecule has 0 radical (unpaired) electrons. The van der Waals surface area contributed by atoms with Crippen LogP contribution in [0.1, 0.15) is 54.4 Å². The monoisotopic (exact) mass is 366 g/mol. The fraction of sp³-hybridized carbons (Fsp3) is 0.611. The number of hydrogen-bond donors (Lipinski definition) is 3. The first kappa shape index (κ1) is 18.4. The van der Waals surface area contributed by atoms with Crippen LogP contribution < -0.4 is 10.0 Å². The molecule has 3 rings (SSSR count). The first-order chi connectivity index (χ1) is 11.9.